The molecule has 0 radical (unpaired) electrons. The minimum Gasteiger partial charge on any atom is -0.435 e. The second-order valence-corrected chi connectivity index (χ2v) is 5.71. The molecule has 0 amide bonds. The fraction of sp³-hybridized carbons (Fsp3) is 0.450. The highest BCUT2D eigenvalue weighted by atomic mass is 16.7. The summed E-state index contributed by atoms with van der Waals surface area (Å²) in [5.74, 6) is 0.0309. The first kappa shape index (κ1) is 20.9. The summed E-state index contributed by atoms with van der Waals surface area (Å²) in [6.07, 6.45) is 2.97. The van der Waals surface area contributed by atoms with Crippen molar-refractivity contribution in [3.05, 3.63) is 60.2 Å². The monoisotopic (exact) mass is 348 g/mol. The quantitative estimate of drug-likeness (QED) is 0.486. The van der Waals surface area contributed by atoms with Crippen LogP contribution in [0, 0.1) is 5.92 Å². The molecule has 1 rings (SSSR count). The fourth-order valence-corrected chi connectivity index (χ4v) is 1.97. The zero-order chi connectivity index (χ0) is 18.5. The summed E-state index contributed by atoms with van der Waals surface area (Å²) in [5, 5.41) is 9.13. The first-order valence-corrected chi connectivity index (χ1v) is 8.47. The molecule has 0 aliphatic carbocycles. The van der Waals surface area contributed by atoms with Crippen LogP contribution >= 0.6 is 0 Å². The lowest BCUT2D eigenvalue weighted by Crippen LogP contribution is -2.22. The van der Waals surface area contributed by atoms with Crippen molar-refractivity contribution in [1.82, 2.24) is 0 Å². The zero-order valence-corrected chi connectivity index (χ0v) is 15.0. The van der Waals surface area contributed by atoms with Gasteiger partial charge in [0, 0.05) is 12.5 Å². The maximum Gasteiger partial charge on any atom is 0.508 e. The van der Waals surface area contributed by atoms with Crippen molar-refractivity contribution in [2.45, 2.75) is 33.0 Å². The summed E-state index contributed by atoms with van der Waals surface area (Å²) in [7, 11) is 0. The standard InChI is InChI=1S/C20H28O5/c1-4-24-20(22)25-19(12-8-9-16(2)17(3)13-21)15-23-14-18-10-6-5-7-11-18/h5-8,10-12,17,19,21H,2,4,9,13-15H2,1,3H3/b12-8+/t17-,19+/m1/s1. The van der Waals surface area contributed by atoms with Gasteiger partial charge in [0.2, 0.25) is 0 Å². The van der Waals surface area contributed by atoms with Crippen molar-refractivity contribution in [1.29, 1.82) is 0 Å². The van der Waals surface area contributed by atoms with E-state index in [1.54, 1.807) is 13.0 Å². The summed E-state index contributed by atoms with van der Waals surface area (Å²) in [6, 6.07) is 9.77. The van der Waals surface area contributed by atoms with Crippen molar-refractivity contribution in [3.8, 4) is 0 Å². The van der Waals surface area contributed by atoms with Gasteiger partial charge in [-0.25, -0.2) is 4.79 Å². The van der Waals surface area contributed by atoms with E-state index in [1.807, 2.05) is 43.3 Å². The average molecular weight is 348 g/mol. The molecule has 0 bridgehead atoms. The lowest BCUT2D eigenvalue weighted by atomic mass is 10.0. The smallest absolute Gasteiger partial charge is 0.435 e. The minimum absolute atomic E-state index is 0.0309. The van der Waals surface area contributed by atoms with Gasteiger partial charge >= 0.3 is 6.16 Å². The normalized spacial score (nSPS) is 13.4. The number of carbonyl (C=O) groups excluding carboxylic acids is 1. The Kier molecular flexibility index (Phi) is 10.3. The van der Waals surface area contributed by atoms with Crippen LogP contribution in [0.25, 0.3) is 0 Å². The third kappa shape index (κ3) is 9.08. The molecule has 0 aliphatic rings. The summed E-state index contributed by atoms with van der Waals surface area (Å²) in [5.41, 5.74) is 1.96. The number of hydrogen-bond acceptors (Lipinski definition) is 5. The SMILES string of the molecule is C=C(C/C=C/[C@@H](COCc1ccccc1)OC(=O)OCC)[C@H](C)CO. The van der Waals surface area contributed by atoms with Gasteiger partial charge in [0.25, 0.3) is 0 Å². The van der Waals surface area contributed by atoms with Crippen molar-refractivity contribution in [2.75, 3.05) is 19.8 Å². The Labute approximate surface area is 149 Å². The van der Waals surface area contributed by atoms with Gasteiger partial charge in [-0.3, -0.25) is 0 Å². The van der Waals surface area contributed by atoms with Gasteiger partial charge < -0.3 is 19.3 Å². The van der Waals surface area contributed by atoms with Gasteiger partial charge in [-0.2, -0.15) is 0 Å². The summed E-state index contributed by atoms with van der Waals surface area (Å²) in [6.45, 7) is 8.55. The molecule has 0 saturated carbocycles. The van der Waals surface area contributed by atoms with Crippen LogP contribution in [-0.2, 0) is 20.8 Å². The first-order valence-electron chi connectivity index (χ1n) is 8.47. The highest BCUT2D eigenvalue weighted by molar-refractivity contribution is 5.60. The average Bonchev–Trinajstić information content (AvgIpc) is 2.61. The van der Waals surface area contributed by atoms with Crippen molar-refractivity contribution >= 4 is 6.16 Å². The minimum atomic E-state index is -0.719. The van der Waals surface area contributed by atoms with E-state index in [-0.39, 0.29) is 25.7 Å². The fourth-order valence-electron chi connectivity index (χ4n) is 1.97. The Bertz CT molecular complexity index is 538. The van der Waals surface area contributed by atoms with Gasteiger partial charge in [-0.15, -0.1) is 0 Å². The van der Waals surface area contributed by atoms with Crippen molar-refractivity contribution in [2.24, 2.45) is 5.92 Å². The van der Waals surface area contributed by atoms with E-state index in [0.29, 0.717) is 13.0 Å². The van der Waals surface area contributed by atoms with Crippen LogP contribution in [0.2, 0.25) is 0 Å². The molecular formula is C20H28O5. The van der Waals surface area contributed by atoms with Crippen molar-refractivity contribution in [3.63, 3.8) is 0 Å². The van der Waals surface area contributed by atoms with Gasteiger partial charge in [-0.1, -0.05) is 55.5 Å². The topological polar surface area (TPSA) is 65.0 Å². The molecular weight excluding hydrogens is 320 g/mol. The van der Waals surface area contributed by atoms with E-state index in [2.05, 4.69) is 6.58 Å². The molecule has 25 heavy (non-hydrogen) atoms. The van der Waals surface area contributed by atoms with Crippen LogP contribution in [0.4, 0.5) is 4.79 Å². The number of benzene rings is 1. The Hall–Kier alpha value is -2.11. The number of carbonyl (C=O) groups is 1. The number of ether oxygens (including phenoxy) is 3. The maximum atomic E-state index is 11.6. The number of rotatable bonds is 11. The predicted octanol–water partition coefficient (Wildman–Crippen LogP) is 3.88. The molecule has 2 atom stereocenters. The van der Waals surface area contributed by atoms with E-state index < -0.39 is 12.3 Å². The lowest BCUT2D eigenvalue weighted by molar-refractivity contribution is -0.00102. The predicted molar refractivity (Wildman–Crippen MR) is 97.1 cm³/mol. The third-order valence-electron chi connectivity index (χ3n) is 3.61. The molecule has 0 fully saturated rings. The highest BCUT2D eigenvalue weighted by Crippen LogP contribution is 2.13. The van der Waals surface area contributed by atoms with Gasteiger partial charge in [-0.05, 0) is 25.0 Å². The molecule has 0 saturated heterocycles. The van der Waals surface area contributed by atoms with Gasteiger partial charge in [0.1, 0.15) is 6.10 Å². The maximum absolute atomic E-state index is 11.6. The number of aliphatic hydroxyl groups excluding tert-OH is 1. The molecule has 0 heterocycles. The Balaban J connectivity index is 2.53. The Morgan fingerprint density at radius 1 is 1.32 bits per heavy atom. The van der Waals surface area contributed by atoms with Crippen LogP contribution in [0.1, 0.15) is 25.8 Å². The molecule has 1 aromatic rings. The number of hydrogen-bond donors (Lipinski definition) is 1. The van der Waals surface area contributed by atoms with Gasteiger partial charge in [0.05, 0.1) is 19.8 Å². The first-order chi connectivity index (χ1) is 12.1. The molecule has 0 unspecified atom stereocenters. The molecule has 1 N–H and O–H groups in total. The summed E-state index contributed by atoms with van der Waals surface area (Å²) >= 11 is 0. The Morgan fingerprint density at radius 3 is 2.68 bits per heavy atom. The number of aliphatic hydroxyl groups is 1. The van der Waals surface area contributed by atoms with Crippen LogP contribution < -0.4 is 0 Å². The summed E-state index contributed by atoms with van der Waals surface area (Å²) in [4.78, 5) is 11.6. The number of allylic oxidation sites excluding steroid dienone is 1. The second-order valence-electron chi connectivity index (χ2n) is 5.71. The highest BCUT2D eigenvalue weighted by Gasteiger charge is 2.13. The van der Waals surface area contributed by atoms with Crippen LogP contribution in [0.3, 0.4) is 0 Å². The molecule has 5 nitrogen and oxygen atoms in total. The van der Waals surface area contributed by atoms with E-state index in [0.717, 1.165) is 11.1 Å². The molecule has 0 aromatic heterocycles. The zero-order valence-electron chi connectivity index (χ0n) is 15.0. The third-order valence-corrected chi connectivity index (χ3v) is 3.61. The van der Waals surface area contributed by atoms with Crippen LogP contribution in [0.5, 0.6) is 0 Å². The van der Waals surface area contributed by atoms with E-state index in [9.17, 15) is 4.79 Å². The molecule has 5 heteroatoms. The molecule has 1 aromatic carbocycles. The molecule has 0 spiro atoms. The summed E-state index contributed by atoms with van der Waals surface area (Å²) < 4.78 is 15.7. The van der Waals surface area contributed by atoms with Crippen molar-refractivity contribution < 1.29 is 24.1 Å². The van der Waals surface area contributed by atoms with E-state index in [4.69, 9.17) is 19.3 Å². The Morgan fingerprint density at radius 2 is 2.04 bits per heavy atom. The second kappa shape index (κ2) is 12.3. The van der Waals surface area contributed by atoms with Crippen LogP contribution in [0.15, 0.2) is 54.6 Å². The molecule has 0 aliphatic heterocycles. The largest absolute Gasteiger partial charge is 0.508 e. The van der Waals surface area contributed by atoms with Crippen LogP contribution in [-0.4, -0.2) is 37.2 Å². The van der Waals surface area contributed by atoms with E-state index >= 15 is 0 Å². The lowest BCUT2D eigenvalue weighted by Gasteiger charge is -2.15. The van der Waals surface area contributed by atoms with E-state index in [1.165, 1.54) is 0 Å². The van der Waals surface area contributed by atoms with Gasteiger partial charge in [0.15, 0.2) is 0 Å². The molecule has 138 valence electrons.